The second kappa shape index (κ2) is 12.2. The summed E-state index contributed by atoms with van der Waals surface area (Å²) in [7, 11) is 0. The minimum Gasteiger partial charge on any atom is -0.480 e. The number of nitrogens with one attached hydrogen (secondary N) is 1. The molecule has 0 spiro atoms. The first kappa shape index (κ1) is 27.2. The number of aliphatic hydroxyl groups excluding tert-OH is 4. The quantitative estimate of drug-likeness (QED) is 0.240. The van der Waals surface area contributed by atoms with Crippen LogP contribution >= 0.6 is 0 Å². The molecular weight excluding hydrogens is 494 g/mol. The van der Waals surface area contributed by atoms with Crippen LogP contribution in [0.5, 0.6) is 5.75 Å². The number of rotatable bonds is 9. The lowest BCUT2D eigenvalue weighted by molar-refractivity contribution is -0.277. The fraction of sp³-hybridized carbons (Fsp3) is 0.286. The molecule has 1 aliphatic heterocycles. The van der Waals surface area contributed by atoms with Crippen molar-refractivity contribution in [3.63, 3.8) is 0 Å². The van der Waals surface area contributed by atoms with E-state index in [9.17, 15) is 35.1 Å². The van der Waals surface area contributed by atoms with Crippen LogP contribution in [0.2, 0.25) is 0 Å². The Balaban J connectivity index is 1.54. The van der Waals surface area contributed by atoms with Gasteiger partial charge in [-0.05, 0) is 29.3 Å². The zero-order valence-electron chi connectivity index (χ0n) is 20.3. The van der Waals surface area contributed by atoms with Gasteiger partial charge in [-0.2, -0.15) is 0 Å². The molecule has 0 saturated carbocycles. The van der Waals surface area contributed by atoms with Crippen LogP contribution in [0.15, 0.2) is 78.9 Å². The van der Waals surface area contributed by atoms with E-state index in [2.05, 4.69) is 5.32 Å². The molecule has 1 amide bonds. The molecule has 10 nitrogen and oxygen atoms in total. The first-order valence-electron chi connectivity index (χ1n) is 12.0. The number of ether oxygens (including phenoxy) is 2. The Bertz CT molecular complexity index is 1250. The summed E-state index contributed by atoms with van der Waals surface area (Å²) in [5.41, 5.74) is 2.09. The maximum Gasteiger partial charge on any atom is 0.326 e. The molecule has 0 aliphatic carbocycles. The zero-order valence-corrected chi connectivity index (χ0v) is 20.3. The van der Waals surface area contributed by atoms with E-state index in [1.54, 1.807) is 72.8 Å². The van der Waals surface area contributed by atoms with Crippen LogP contribution in [-0.2, 0) is 16.0 Å². The van der Waals surface area contributed by atoms with Gasteiger partial charge in [0, 0.05) is 17.5 Å². The van der Waals surface area contributed by atoms with Crippen molar-refractivity contribution in [3.8, 4) is 16.9 Å². The first-order chi connectivity index (χ1) is 18.3. The number of carbonyl (C=O) groups excluding carboxylic acids is 1. The maximum absolute atomic E-state index is 13.0. The van der Waals surface area contributed by atoms with Gasteiger partial charge in [0.15, 0.2) is 0 Å². The molecule has 3 aromatic carbocycles. The van der Waals surface area contributed by atoms with Crippen molar-refractivity contribution in [1.29, 1.82) is 0 Å². The Labute approximate surface area is 218 Å². The SMILES string of the molecule is O=C(N[C@H](Cc1ccccc1)C(=O)O)c1cccc(-c2ccccc2O[C@H]2O[C@H](CO)[C@@H](O)[C@@H](O)[C@@H]2O)c1. The van der Waals surface area contributed by atoms with Crippen LogP contribution in [0.4, 0.5) is 0 Å². The monoisotopic (exact) mass is 523 g/mol. The molecule has 200 valence electrons. The third-order valence-corrected chi connectivity index (χ3v) is 6.30. The van der Waals surface area contributed by atoms with Crippen molar-refractivity contribution in [1.82, 2.24) is 5.32 Å². The van der Waals surface area contributed by atoms with E-state index in [1.807, 2.05) is 6.07 Å². The molecule has 1 fully saturated rings. The van der Waals surface area contributed by atoms with Gasteiger partial charge in [0.1, 0.15) is 36.2 Å². The highest BCUT2D eigenvalue weighted by molar-refractivity contribution is 5.97. The summed E-state index contributed by atoms with van der Waals surface area (Å²) < 4.78 is 11.3. The molecule has 38 heavy (non-hydrogen) atoms. The van der Waals surface area contributed by atoms with Crippen molar-refractivity contribution >= 4 is 11.9 Å². The second-order valence-electron chi connectivity index (χ2n) is 8.95. The van der Waals surface area contributed by atoms with Gasteiger partial charge in [0.05, 0.1) is 6.61 Å². The Morgan fingerprint density at radius 2 is 1.61 bits per heavy atom. The van der Waals surface area contributed by atoms with Gasteiger partial charge >= 0.3 is 5.97 Å². The number of benzene rings is 3. The molecule has 6 N–H and O–H groups in total. The maximum atomic E-state index is 13.0. The fourth-order valence-electron chi connectivity index (χ4n) is 4.22. The minimum atomic E-state index is -1.59. The van der Waals surface area contributed by atoms with E-state index in [1.165, 1.54) is 0 Å². The van der Waals surface area contributed by atoms with E-state index in [4.69, 9.17) is 9.47 Å². The van der Waals surface area contributed by atoms with Crippen LogP contribution < -0.4 is 10.1 Å². The second-order valence-corrected chi connectivity index (χ2v) is 8.95. The lowest BCUT2D eigenvalue weighted by atomic mass is 9.99. The average molecular weight is 524 g/mol. The van der Waals surface area contributed by atoms with E-state index in [0.29, 0.717) is 11.1 Å². The molecule has 10 heteroatoms. The summed E-state index contributed by atoms with van der Waals surface area (Å²) in [6, 6.07) is 21.1. The third-order valence-electron chi connectivity index (χ3n) is 6.30. The number of para-hydroxylation sites is 1. The lowest BCUT2D eigenvalue weighted by Crippen LogP contribution is -2.60. The molecule has 4 rings (SSSR count). The van der Waals surface area contributed by atoms with Gasteiger partial charge in [-0.25, -0.2) is 4.79 Å². The topological polar surface area (TPSA) is 166 Å². The van der Waals surface area contributed by atoms with E-state index in [0.717, 1.165) is 5.56 Å². The first-order valence-corrected chi connectivity index (χ1v) is 12.0. The molecule has 0 aromatic heterocycles. The zero-order chi connectivity index (χ0) is 27.2. The standard InChI is InChI=1S/C28H29NO9/c30-15-22-23(31)24(32)25(33)28(38-22)37-21-12-5-4-11-19(21)17-9-6-10-18(14-17)26(34)29-20(27(35)36)13-16-7-2-1-3-8-16/h1-12,14,20,22-25,28,30-33H,13,15H2,(H,29,34)(H,35,36)/t20-,22-,23-,24-,25+,28+/m1/s1. The number of carboxylic acid groups (broad SMARTS) is 1. The van der Waals surface area contributed by atoms with Gasteiger partial charge in [0.25, 0.3) is 5.91 Å². The molecule has 1 aliphatic rings. The van der Waals surface area contributed by atoms with Gasteiger partial charge in [-0.1, -0.05) is 60.7 Å². The molecular formula is C28H29NO9. The highest BCUT2D eigenvalue weighted by atomic mass is 16.7. The van der Waals surface area contributed by atoms with Crippen molar-refractivity contribution in [2.24, 2.45) is 0 Å². The molecule has 0 bridgehead atoms. The fourth-order valence-corrected chi connectivity index (χ4v) is 4.22. The summed E-state index contributed by atoms with van der Waals surface area (Å²) >= 11 is 0. The Morgan fingerprint density at radius 1 is 0.895 bits per heavy atom. The Kier molecular flexibility index (Phi) is 8.72. The van der Waals surface area contributed by atoms with E-state index in [-0.39, 0.29) is 17.7 Å². The van der Waals surface area contributed by atoms with Crippen LogP contribution in [0.3, 0.4) is 0 Å². The van der Waals surface area contributed by atoms with Crippen LogP contribution in [0.25, 0.3) is 11.1 Å². The third kappa shape index (κ3) is 6.18. The minimum absolute atomic E-state index is 0.122. The normalized spacial score (nSPS) is 23.8. The Hall–Kier alpha value is -3.80. The summed E-state index contributed by atoms with van der Waals surface area (Å²) in [6.07, 6.45) is -7.09. The van der Waals surface area contributed by atoms with Gasteiger partial charge in [-0.15, -0.1) is 0 Å². The number of aliphatic carboxylic acids is 1. The summed E-state index contributed by atoms with van der Waals surface area (Å²) in [5, 5.41) is 52.1. The molecule has 3 aromatic rings. The van der Waals surface area contributed by atoms with Crippen LogP contribution in [-0.4, -0.2) is 80.8 Å². The number of amides is 1. The molecule has 0 radical (unpaired) electrons. The van der Waals surface area contributed by atoms with Crippen molar-refractivity contribution in [2.45, 2.75) is 43.2 Å². The Morgan fingerprint density at radius 3 is 2.32 bits per heavy atom. The van der Waals surface area contributed by atoms with Gasteiger partial charge in [-0.3, -0.25) is 4.79 Å². The predicted octanol–water partition coefficient (Wildman–Crippen LogP) is 0.958. The summed E-state index contributed by atoms with van der Waals surface area (Å²) in [4.78, 5) is 24.8. The van der Waals surface area contributed by atoms with Crippen LogP contribution in [0.1, 0.15) is 15.9 Å². The highest BCUT2D eigenvalue weighted by Crippen LogP contribution is 2.33. The summed E-state index contributed by atoms with van der Waals surface area (Å²) in [5.74, 6) is -1.47. The van der Waals surface area contributed by atoms with Crippen molar-refractivity contribution in [3.05, 3.63) is 90.0 Å². The molecule has 6 atom stereocenters. The number of aliphatic hydroxyl groups is 4. The predicted molar refractivity (Wildman–Crippen MR) is 135 cm³/mol. The largest absolute Gasteiger partial charge is 0.480 e. The van der Waals surface area contributed by atoms with Gasteiger partial charge < -0.3 is 40.3 Å². The van der Waals surface area contributed by atoms with E-state index >= 15 is 0 Å². The molecule has 0 unspecified atom stereocenters. The van der Waals surface area contributed by atoms with Gasteiger partial charge in [0.2, 0.25) is 6.29 Å². The van der Waals surface area contributed by atoms with Crippen LogP contribution in [0, 0.1) is 0 Å². The molecule has 1 heterocycles. The van der Waals surface area contributed by atoms with E-state index < -0.39 is 55.2 Å². The number of carbonyl (C=O) groups is 2. The molecule has 1 saturated heterocycles. The summed E-state index contributed by atoms with van der Waals surface area (Å²) in [6.45, 7) is -0.592. The number of hydrogen-bond donors (Lipinski definition) is 6. The average Bonchev–Trinajstić information content (AvgIpc) is 2.93. The number of hydrogen-bond acceptors (Lipinski definition) is 8. The highest BCUT2D eigenvalue weighted by Gasteiger charge is 2.44. The number of carboxylic acids is 1. The lowest BCUT2D eigenvalue weighted by Gasteiger charge is -2.39. The smallest absolute Gasteiger partial charge is 0.326 e. The van der Waals surface area contributed by atoms with Crippen molar-refractivity contribution in [2.75, 3.05) is 6.61 Å². The van der Waals surface area contributed by atoms with Crippen molar-refractivity contribution < 1.29 is 44.6 Å².